The molecule has 0 radical (unpaired) electrons. The zero-order chi connectivity index (χ0) is 8.39. The lowest BCUT2D eigenvalue weighted by Crippen LogP contribution is -1.73. The minimum atomic E-state index is 0.401. The van der Waals surface area contributed by atoms with Crippen LogP contribution in [0.2, 0.25) is 0 Å². The molecule has 0 bridgehead atoms. The molecule has 3 nitrogen and oxygen atoms in total. The Morgan fingerprint density at radius 1 is 1.50 bits per heavy atom. The van der Waals surface area contributed by atoms with Crippen LogP contribution in [0.1, 0.15) is 5.01 Å². The van der Waals surface area contributed by atoms with Crippen molar-refractivity contribution in [2.75, 3.05) is 0 Å². The third-order valence-electron chi connectivity index (χ3n) is 1.31. The maximum Gasteiger partial charge on any atom is 0.183 e. The van der Waals surface area contributed by atoms with Gasteiger partial charge >= 0.3 is 0 Å². The van der Waals surface area contributed by atoms with E-state index in [-0.39, 0.29) is 0 Å². The molecule has 0 N–H and O–H groups in total. The van der Waals surface area contributed by atoms with Gasteiger partial charge in [-0.25, -0.2) is 0 Å². The van der Waals surface area contributed by atoms with E-state index >= 15 is 0 Å². The Bertz CT molecular complexity index is 357. The van der Waals surface area contributed by atoms with Crippen molar-refractivity contribution in [1.29, 1.82) is 0 Å². The van der Waals surface area contributed by atoms with E-state index in [0.29, 0.717) is 5.88 Å². The Morgan fingerprint density at radius 2 is 2.42 bits per heavy atom. The largest absolute Gasteiger partial charge is 0.462 e. The van der Waals surface area contributed by atoms with Gasteiger partial charge in [0.1, 0.15) is 5.01 Å². The highest BCUT2D eigenvalue weighted by Crippen LogP contribution is 2.24. The summed E-state index contributed by atoms with van der Waals surface area (Å²) >= 11 is 7.02. The van der Waals surface area contributed by atoms with E-state index in [2.05, 4.69) is 10.2 Å². The third-order valence-corrected chi connectivity index (χ3v) is 2.66. The maximum absolute atomic E-state index is 5.58. The summed E-state index contributed by atoms with van der Waals surface area (Å²) in [5.74, 6) is 1.14. The molecule has 0 unspecified atom stereocenters. The van der Waals surface area contributed by atoms with Gasteiger partial charge in [-0.1, -0.05) is 11.3 Å². The second-order valence-electron chi connectivity index (χ2n) is 2.11. The van der Waals surface area contributed by atoms with Crippen molar-refractivity contribution < 1.29 is 4.42 Å². The van der Waals surface area contributed by atoms with Gasteiger partial charge < -0.3 is 4.42 Å². The van der Waals surface area contributed by atoms with Gasteiger partial charge in [0.05, 0.1) is 12.1 Å². The predicted octanol–water partition coefficient (Wildman–Crippen LogP) is 2.54. The minimum absolute atomic E-state index is 0.401. The molecular formula is C7H5ClN2OS. The quantitative estimate of drug-likeness (QED) is 0.700. The first-order valence-corrected chi connectivity index (χ1v) is 4.67. The van der Waals surface area contributed by atoms with Crippen LogP contribution in [0.5, 0.6) is 0 Å². The Hall–Kier alpha value is -0.870. The predicted molar refractivity (Wildman–Crippen MR) is 47.2 cm³/mol. The number of hydrogen-bond acceptors (Lipinski definition) is 4. The van der Waals surface area contributed by atoms with Crippen LogP contribution in [0.4, 0.5) is 0 Å². The summed E-state index contributed by atoms with van der Waals surface area (Å²) in [6, 6.07) is 3.66. The van der Waals surface area contributed by atoms with E-state index in [0.717, 1.165) is 15.8 Å². The SMILES string of the molecule is ClCc1nnc(-c2ccco2)s1. The molecule has 2 aromatic heterocycles. The molecule has 0 aliphatic heterocycles. The summed E-state index contributed by atoms with van der Waals surface area (Å²) in [6.07, 6.45) is 1.61. The fourth-order valence-electron chi connectivity index (χ4n) is 0.807. The minimum Gasteiger partial charge on any atom is -0.462 e. The fraction of sp³-hybridized carbons (Fsp3) is 0.143. The van der Waals surface area contributed by atoms with Crippen LogP contribution in [-0.2, 0) is 5.88 Å². The van der Waals surface area contributed by atoms with E-state index in [1.165, 1.54) is 11.3 Å². The molecule has 2 aromatic rings. The number of halogens is 1. The Labute approximate surface area is 78.0 Å². The van der Waals surface area contributed by atoms with Gasteiger partial charge in [-0.3, -0.25) is 0 Å². The van der Waals surface area contributed by atoms with Gasteiger partial charge in [-0.05, 0) is 12.1 Å². The number of furan rings is 1. The first-order valence-electron chi connectivity index (χ1n) is 3.32. The summed E-state index contributed by atoms with van der Waals surface area (Å²) in [5.41, 5.74) is 0. The molecule has 0 saturated carbocycles. The maximum atomic E-state index is 5.58. The summed E-state index contributed by atoms with van der Waals surface area (Å²) in [7, 11) is 0. The van der Waals surface area contributed by atoms with Crippen molar-refractivity contribution in [2.24, 2.45) is 0 Å². The van der Waals surface area contributed by atoms with Crippen LogP contribution in [0.25, 0.3) is 10.8 Å². The fourth-order valence-corrected chi connectivity index (χ4v) is 1.68. The van der Waals surface area contributed by atoms with E-state index in [4.69, 9.17) is 16.0 Å². The molecule has 2 rings (SSSR count). The number of nitrogens with zero attached hydrogens (tertiary/aromatic N) is 2. The molecule has 0 spiro atoms. The number of aromatic nitrogens is 2. The van der Waals surface area contributed by atoms with Gasteiger partial charge in [-0.15, -0.1) is 21.8 Å². The lowest BCUT2D eigenvalue weighted by atomic mass is 10.5. The summed E-state index contributed by atoms with van der Waals surface area (Å²) in [6.45, 7) is 0. The van der Waals surface area contributed by atoms with Crippen molar-refractivity contribution in [2.45, 2.75) is 5.88 Å². The van der Waals surface area contributed by atoms with Gasteiger partial charge in [0, 0.05) is 0 Å². The number of hydrogen-bond donors (Lipinski definition) is 0. The summed E-state index contributed by atoms with van der Waals surface area (Å²) in [5, 5.41) is 9.37. The molecule has 0 aliphatic carbocycles. The monoisotopic (exact) mass is 200 g/mol. The van der Waals surface area contributed by atoms with Crippen LogP contribution < -0.4 is 0 Å². The second-order valence-corrected chi connectivity index (χ2v) is 3.44. The Kier molecular flexibility index (Phi) is 2.10. The van der Waals surface area contributed by atoms with Crippen LogP contribution in [0.3, 0.4) is 0 Å². The van der Waals surface area contributed by atoms with E-state index < -0.39 is 0 Å². The lowest BCUT2D eigenvalue weighted by molar-refractivity contribution is 0.581. The first-order chi connectivity index (χ1) is 5.90. The van der Waals surface area contributed by atoms with Gasteiger partial charge in [0.2, 0.25) is 0 Å². The van der Waals surface area contributed by atoms with Crippen LogP contribution >= 0.6 is 22.9 Å². The van der Waals surface area contributed by atoms with Crippen LogP contribution in [0, 0.1) is 0 Å². The van der Waals surface area contributed by atoms with Crippen molar-refractivity contribution >= 4 is 22.9 Å². The number of rotatable bonds is 2. The highest BCUT2D eigenvalue weighted by molar-refractivity contribution is 7.14. The molecular weight excluding hydrogens is 196 g/mol. The highest BCUT2D eigenvalue weighted by Gasteiger charge is 2.07. The molecule has 0 atom stereocenters. The normalized spacial score (nSPS) is 10.4. The number of alkyl halides is 1. The standard InChI is InChI=1S/C7H5ClN2OS/c8-4-6-9-10-7(12-6)5-2-1-3-11-5/h1-3H,4H2. The Balaban J connectivity index is 2.35. The molecule has 0 aromatic carbocycles. The van der Waals surface area contributed by atoms with Crippen molar-refractivity contribution in [3.8, 4) is 10.8 Å². The molecule has 0 fully saturated rings. The van der Waals surface area contributed by atoms with E-state index in [1.54, 1.807) is 6.26 Å². The second kappa shape index (κ2) is 3.25. The van der Waals surface area contributed by atoms with Gasteiger partial charge in [-0.2, -0.15) is 0 Å². The summed E-state index contributed by atoms with van der Waals surface area (Å²) < 4.78 is 5.14. The molecule has 12 heavy (non-hydrogen) atoms. The van der Waals surface area contributed by atoms with E-state index in [9.17, 15) is 0 Å². The van der Waals surface area contributed by atoms with Crippen molar-refractivity contribution in [1.82, 2.24) is 10.2 Å². The van der Waals surface area contributed by atoms with Crippen LogP contribution in [-0.4, -0.2) is 10.2 Å². The first kappa shape index (κ1) is 7.76. The smallest absolute Gasteiger partial charge is 0.183 e. The zero-order valence-electron chi connectivity index (χ0n) is 6.03. The average Bonchev–Trinajstić information content (AvgIpc) is 2.75. The zero-order valence-corrected chi connectivity index (χ0v) is 7.60. The molecule has 0 aliphatic rings. The average molecular weight is 201 g/mol. The molecule has 2 heterocycles. The molecule has 5 heteroatoms. The third kappa shape index (κ3) is 1.35. The molecule has 0 saturated heterocycles. The Morgan fingerprint density at radius 3 is 3.00 bits per heavy atom. The molecule has 62 valence electrons. The van der Waals surface area contributed by atoms with Crippen molar-refractivity contribution in [3.05, 3.63) is 23.4 Å². The van der Waals surface area contributed by atoms with E-state index in [1.807, 2.05) is 12.1 Å². The topological polar surface area (TPSA) is 38.9 Å². The highest BCUT2D eigenvalue weighted by atomic mass is 35.5. The molecule has 0 amide bonds. The van der Waals surface area contributed by atoms with Gasteiger partial charge in [0.25, 0.3) is 0 Å². The lowest BCUT2D eigenvalue weighted by Gasteiger charge is -1.82. The van der Waals surface area contributed by atoms with Crippen LogP contribution in [0.15, 0.2) is 22.8 Å². The van der Waals surface area contributed by atoms with Gasteiger partial charge in [0.15, 0.2) is 10.8 Å². The van der Waals surface area contributed by atoms with Crippen molar-refractivity contribution in [3.63, 3.8) is 0 Å². The summed E-state index contributed by atoms with van der Waals surface area (Å²) in [4.78, 5) is 0.